The standard InChI is InChI=1S/C24H19ClN2O5/c1-13-10-15(12-20(25)26-13)27-22(14-6-7-18-19(11-14)32-9-8-31-18)21(24(29)30)16-4-2-3-5-17(16)23(27)28/h2-7,10-12,21-22H,8-9H2,1H3,(H,29,30)/t21-,22+/m0/s1. The average Bonchev–Trinajstić information content (AvgIpc) is 2.77. The molecule has 162 valence electrons. The van der Waals surface area contributed by atoms with Gasteiger partial charge < -0.3 is 14.6 Å². The molecule has 7 nitrogen and oxygen atoms in total. The van der Waals surface area contributed by atoms with Gasteiger partial charge in [0.1, 0.15) is 24.3 Å². The Bertz CT molecular complexity index is 1220. The van der Waals surface area contributed by atoms with Crippen LogP contribution in [0, 0.1) is 6.92 Å². The number of benzene rings is 2. The normalized spacial score (nSPS) is 19.4. The zero-order valence-electron chi connectivity index (χ0n) is 17.1. The highest BCUT2D eigenvalue weighted by Crippen LogP contribution is 2.47. The summed E-state index contributed by atoms with van der Waals surface area (Å²) in [5, 5.41) is 10.5. The fourth-order valence-corrected chi connectivity index (χ4v) is 4.66. The van der Waals surface area contributed by atoms with E-state index in [1.807, 2.05) is 0 Å². The van der Waals surface area contributed by atoms with Crippen LogP contribution in [-0.4, -0.2) is 35.2 Å². The van der Waals surface area contributed by atoms with Crippen LogP contribution in [-0.2, 0) is 4.79 Å². The van der Waals surface area contributed by atoms with Crippen molar-refractivity contribution >= 4 is 29.2 Å². The molecule has 8 heteroatoms. The molecule has 32 heavy (non-hydrogen) atoms. The van der Waals surface area contributed by atoms with E-state index in [0.717, 1.165) is 0 Å². The Morgan fingerprint density at radius 3 is 2.59 bits per heavy atom. The van der Waals surface area contributed by atoms with Gasteiger partial charge in [0.05, 0.1) is 6.04 Å². The van der Waals surface area contributed by atoms with Crippen LogP contribution in [0.1, 0.15) is 39.1 Å². The van der Waals surface area contributed by atoms with Crippen molar-refractivity contribution in [3.63, 3.8) is 0 Å². The largest absolute Gasteiger partial charge is 0.486 e. The maximum atomic E-state index is 13.7. The number of carboxylic acid groups (broad SMARTS) is 1. The van der Waals surface area contributed by atoms with Gasteiger partial charge in [0.2, 0.25) is 0 Å². The van der Waals surface area contributed by atoms with E-state index < -0.39 is 17.9 Å². The number of pyridine rings is 1. The first-order valence-corrected chi connectivity index (χ1v) is 10.5. The van der Waals surface area contributed by atoms with Gasteiger partial charge in [-0.3, -0.25) is 14.5 Å². The van der Waals surface area contributed by atoms with Crippen molar-refractivity contribution in [2.24, 2.45) is 0 Å². The lowest BCUT2D eigenvalue weighted by molar-refractivity contribution is -0.139. The number of aryl methyl sites for hydroxylation is 1. The predicted molar refractivity (Wildman–Crippen MR) is 118 cm³/mol. The van der Waals surface area contributed by atoms with Crippen molar-refractivity contribution in [3.8, 4) is 11.5 Å². The summed E-state index contributed by atoms with van der Waals surface area (Å²) in [4.78, 5) is 31.9. The molecule has 0 saturated heterocycles. The molecular formula is C24H19ClN2O5. The van der Waals surface area contributed by atoms with Crippen LogP contribution in [0.2, 0.25) is 5.15 Å². The molecule has 1 aromatic heterocycles. The van der Waals surface area contributed by atoms with Crippen LogP contribution in [0.3, 0.4) is 0 Å². The van der Waals surface area contributed by atoms with Crippen molar-refractivity contribution in [2.45, 2.75) is 18.9 Å². The number of carbonyl (C=O) groups excluding carboxylic acids is 1. The molecule has 2 aliphatic rings. The Morgan fingerprint density at radius 2 is 1.84 bits per heavy atom. The van der Waals surface area contributed by atoms with Gasteiger partial charge in [-0.1, -0.05) is 35.9 Å². The van der Waals surface area contributed by atoms with Crippen molar-refractivity contribution < 1.29 is 24.2 Å². The van der Waals surface area contributed by atoms with Gasteiger partial charge in [0, 0.05) is 16.9 Å². The molecule has 2 atom stereocenters. The summed E-state index contributed by atoms with van der Waals surface area (Å²) >= 11 is 6.20. The summed E-state index contributed by atoms with van der Waals surface area (Å²) in [6.07, 6.45) is 0. The molecule has 2 aliphatic heterocycles. The number of hydrogen-bond donors (Lipinski definition) is 1. The summed E-state index contributed by atoms with van der Waals surface area (Å²) in [5.74, 6) is -1.23. The lowest BCUT2D eigenvalue weighted by Crippen LogP contribution is -2.45. The third-order valence-corrected chi connectivity index (χ3v) is 5.89. The number of amides is 1. The number of aliphatic carboxylic acids is 1. The van der Waals surface area contributed by atoms with Crippen molar-refractivity contribution in [3.05, 3.63) is 82.1 Å². The molecule has 0 radical (unpaired) electrons. The van der Waals surface area contributed by atoms with Gasteiger partial charge in [-0.05, 0) is 48.4 Å². The zero-order valence-corrected chi connectivity index (χ0v) is 17.9. The molecular weight excluding hydrogens is 432 g/mol. The van der Waals surface area contributed by atoms with Crippen LogP contribution in [0.4, 0.5) is 5.69 Å². The first kappa shape index (κ1) is 20.3. The molecule has 0 unspecified atom stereocenters. The Morgan fingerprint density at radius 1 is 1.09 bits per heavy atom. The molecule has 1 amide bonds. The van der Waals surface area contributed by atoms with Gasteiger partial charge in [-0.25, -0.2) is 4.98 Å². The Hall–Kier alpha value is -3.58. The smallest absolute Gasteiger partial charge is 0.313 e. The van der Waals surface area contributed by atoms with Crippen molar-refractivity contribution in [2.75, 3.05) is 18.1 Å². The SMILES string of the molecule is Cc1cc(N2C(=O)c3ccccc3[C@H](C(=O)O)[C@H]2c2ccc3c(c2)OCCO3)cc(Cl)n1. The number of hydrogen-bond acceptors (Lipinski definition) is 5. The van der Waals surface area contributed by atoms with E-state index in [0.29, 0.717) is 52.8 Å². The van der Waals surface area contributed by atoms with Gasteiger partial charge in [-0.15, -0.1) is 0 Å². The lowest BCUT2D eigenvalue weighted by atomic mass is 9.79. The summed E-state index contributed by atoms with van der Waals surface area (Å²) in [7, 11) is 0. The van der Waals surface area contributed by atoms with Gasteiger partial charge >= 0.3 is 5.97 Å². The lowest BCUT2D eigenvalue weighted by Gasteiger charge is -2.41. The average molecular weight is 451 g/mol. The number of rotatable bonds is 3. The minimum absolute atomic E-state index is 0.222. The number of carbonyl (C=O) groups is 2. The third-order valence-electron chi connectivity index (χ3n) is 5.70. The fourth-order valence-electron chi connectivity index (χ4n) is 4.42. The van der Waals surface area contributed by atoms with Crippen LogP contribution >= 0.6 is 11.6 Å². The van der Waals surface area contributed by atoms with Crippen molar-refractivity contribution in [1.82, 2.24) is 4.98 Å². The summed E-state index contributed by atoms with van der Waals surface area (Å²) in [6.45, 7) is 2.61. The van der Waals surface area contributed by atoms with E-state index in [1.54, 1.807) is 61.5 Å². The van der Waals surface area contributed by atoms with E-state index in [4.69, 9.17) is 21.1 Å². The van der Waals surface area contributed by atoms with Gasteiger partial charge in [0.25, 0.3) is 5.91 Å². The zero-order chi connectivity index (χ0) is 22.4. The molecule has 1 N–H and O–H groups in total. The van der Waals surface area contributed by atoms with Crippen LogP contribution in [0.5, 0.6) is 11.5 Å². The highest BCUT2D eigenvalue weighted by atomic mass is 35.5. The Balaban J connectivity index is 1.76. The van der Waals surface area contributed by atoms with Crippen molar-refractivity contribution in [1.29, 1.82) is 0 Å². The second kappa shape index (κ2) is 7.84. The number of nitrogens with zero attached hydrogens (tertiary/aromatic N) is 2. The highest BCUT2D eigenvalue weighted by molar-refractivity contribution is 6.29. The highest BCUT2D eigenvalue weighted by Gasteiger charge is 2.45. The molecule has 3 heterocycles. The van der Waals surface area contributed by atoms with Crippen LogP contribution in [0.15, 0.2) is 54.6 Å². The molecule has 5 rings (SSSR count). The molecule has 0 spiro atoms. The topological polar surface area (TPSA) is 89.0 Å². The van der Waals surface area contributed by atoms with Crippen LogP contribution < -0.4 is 14.4 Å². The first-order chi connectivity index (χ1) is 15.4. The van der Waals surface area contributed by atoms with E-state index in [2.05, 4.69) is 4.98 Å². The number of carboxylic acids is 1. The summed E-state index contributed by atoms with van der Waals surface area (Å²) in [6, 6.07) is 14.5. The number of fused-ring (bicyclic) bond motifs is 2. The van der Waals surface area contributed by atoms with Crippen LogP contribution in [0.25, 0.3) is 0 Å². The summed E-state index contributed by atoms with van der Waals surface area (Å²) < 4.78 is 11.3. The number of ether oxygens (including phenoxy) is 2. The number of aromatic nitrogens is 1. The molecule has 0 aliphatic carbocycles. The number of halogens is 1. The molecule has 3 aromatic rings. The molecule has 0 bridgehead atoms. The molecule has 2 aromatic carbocycles. The minimum Gasteiger partial charge on any atom is -0.486 e. The van der Waals surface area contributed by atoms with Gasteiger partial charge in [-0.2, -0.15) is 0 Å². The monoisotopic (exact) mass is 450 g/mol. The maximum absolute atomic E-state index is 13.7. The van der Waals surface area contributed by atoms with E-state index >= 15 is 0 Å². The van der Waals surface area contributed by atoms with E-state index in [-0.39, 0.29) is 11.1 Å². The Labute approximate surface area is 189 Å². The fraction of sp³-hybridized carbons (Fsp3) is 0.208. The third kappa shape index (κ3) is 3.35. The minimum atomic E-state index is -1.04. The first-order valence-electron chi connectivity index (χ1n) is 10.1. The quantitative estimate of drug-likeness (QED) is 0.595. The van der Waals surface area contributed by atoms with E-state index in [1.165, 1.54) is 4.90 Å². The maximum Gasteiger partial charge on any atom is 0.313 e. The second-order valence-electron chi connectivity index (χ2n) is 7.72. The predicted octanol–water partition coefficient (Wildman–Crippen LogP) is 4.38. The summed E-state index contributed by atoms with van der Waals surface area (Å²) in [5.41, 5.74) is 2.53. The van der Waals surface area contributed by atoms with Gasteiger partial charge in [0.15, 0.2) is 11.5 Å². The molecule has 0 saturated carbocycles. The molecule has 0 fully saturated rings. The Kier molecular flexibility index (Phi) is 4.98. The van der Waals surface area contributed by atoms with E-state index in [9.17, 15) is 14.7 Å². The second-order valence-corrected chi connectivity index (χ2v) is 8.10. The number of anilines is 1.